The molecule has 1 atom stereocenters. The Balaban J connectivity index is 1.50. The number of anilines is 1. The van der Waals surface area contributed by atoms with Crippen LogP contribution in [0.3, 0.4) is 0 Å². The SMILES string of the molecule is Nc1nccc(C2=CN=C3NN=C(c4nc5ncccc5[nH]4)[C@@H]3C2)n1. The molecule has 0 radical (unpaired) electrons. The predicted octanol–water partition coefficient (Wildman–Crippen LogP) is 1.10. The number of nitrogen functional groups attached to an aromatic ring is 1. The third kappa shape index (κ3) is 2.24. The molecule has 3 aromatic rings. The third-order valence-electron chi connectivity index (χ3n) is 4.24. The van der Waals surface area contributed by atoms with E-state index in [1.54, 1.807) is 18.6 Å². The lowest BCUT2D eigenvalue weighted by molar-refractivity contribution is 0.902. The largest absolute Gasteiger partial charge is 0.368 e. The molecular weight excluding hydrogens is 318 g/mol. The van der Waals surface area contributed by atoms with Gasteiger partial charge in [-0.25, -0.2) is 24.9 Å². The second-order valence-corrected chi connectivity index (χ2v) is 5.79. The number of nitrogens with zero attached hydrogens (tertiary/aromatic N) is 6. The molecule has 5 heterocycles. The lowest BCUT2D eigenvalue weighted by Gasteiger charge is -2.17. The molecule has 2 aliphatic heterocycles. The highest BCUT2D eigenvalue weighted by Gasteiger charge is 2.34. The maximum Gasteiger partial charge on any atom is 0.220 e. The number of hydrogen-bond donors (Lipinski definition) is 3. The lowest BCUT2D eigenvalue weighted by Crippen LogP contribution is -2.27. The van der Waals surface area contributed by atoms with Crippen LogP contribution in [0.25, 0.3) is 16.7 Å². The highest BCUT2D eigenvalue weighted by Crippen LogP contribution is 2.30. The molecule has 0 bridgehead atoms. The third-order valence-corrected chi connectivity index (χ3v) is 4.24. The maximum absolute atomic E-state index is 5.69. The van der Waals surface area contributed by atoms with Crippen molar-refractivity contribution in [2.75, 3.05) is 5.73 Å². The first-order valence-corrected chi connectivity index (χ1v) is 7.78. The summed E-state index contributed by atoms with van der Waals surface area (Å²) >= 11 is 0. The van der Waals surface area contributed by atoms with Crippen LogP contribution in [-0.2, 0) is 0 Å². The zero-order valence-electron chi connectivity index (χ0n) is 13.0. The average molecular weight is 331 g/mol. The van der Waals surface area contributed by atoms with E-state index < -0.39 is 0 Å². The Hall–Kier alpha value is -3.62. The van der Waals surface area contributed by atoms with Crippen LogP contribution in [0.15, 0.2) is 46.9 Å². The first-order chi connectivity index (χ1) is 12.3. The molecule has 3 aromatic heterocycles. The molecule has 9 heteroatoms. The molecule has 0 saturated carbocycles. The van der Waals surface area contributed by atoms with Gasteiger partial charge in [0.25, 0.3) is 0 Å². The van der Waals surface area contributed by atoms with Crippen molar-refractivity contribution in [2.24, 2.45) is 16.0 Å². The van der Waals surface area contributed by atoms with Gasteiger partial charge in [0.2, 0.25) is 5.95 Å². The minimum Gasteiger partial charge on any atom is -0.368 e. The number of aliphatic imine (C=N–C) groups is 1. The summed E-state index contributed by atoms with van der Waals surface area (Å²) in [5, 5.41) is 4.41. The number of nitrogens with two attached hydrogens (primary N) is 1. The van der Waals surface area contributed by atoms with Gasteiger partial charge in [-0.1, -0.05) is 0 Å². The summed E-state index contributed by atoms with van der Waals surface area (Å²) in [6.45, 7) is 0. The molecule has 0 spiro atoms. The number of pyridine rings is 1. The summed E-state index contributed by atoms with van der Waals surface area (Å²) in [4.78, 5) is 24.8. The van der Waals surface area contributed by atoms with E-state index in [1.165, 1.54) is 0 Å². The number of aromatic nitrogens is 5. The monoisotopic (exact) mass is 331 g/mol. The van der Waals surface area contributed by atoms with Gasteiger partial charge in [0.05, 0.1) is 17.1 Å². The number of fused-ring (bicyclic) bond motifs is 2. The summed E-state index contributed by atoms with van der Waals surface area (Å²) in [6, 6.07) is 5.63. The number of hydrogen-bond acceptors (Lipinski definition) is 8. The van der Waals surface area contributed by atoms with Crippen molar-refractivity contribution in [1.29, 1.82) is 0 Å². The summed E-state index contributed by atoms with van der Waals surface area (Å²) in [6.07, 6.45) is 5.85. The van der Waals surface area contributed by atoms with Crippen LogP contribution in [0.4, 0.5) is 5.95 Å². The van der Waals surface area contributed by atoms with E-state index in [4.69, 9.17) is 5.73 Å². The van der Waals surface area contributed by atoms with Crippen molar-refractivity contribution >= 4 is 34.2 Å². The Morgan fingerprint density at radius 3 is 2.96 bits per heavy atom. The number of H-pyrrole nitrogens is 1. The number of rotatable bonds is 2. The van der Waals surface area contributed by atoms with Gasteiger partial charge in [0.15, 0.2) is 11.5 Å². The van der Waals surface area contributed by atoms with Crippen molar-refractivity contribution in [3.05, 3.63) is 48.3 Å². The van der Waals surface area contributed by atoms with E-state index in [1.807, 2.05) is 18.2 Å². The van der Waals surface area contributed by atoms with E-state index in [-0.39, 0.29) is 11.9 Å². The minimum absolute atomic E-state index is 0.0169. The van der Waals surface area contributed by atoms with Crippen molar-refractivity contribution in [3.8, 4) is 0 Å². The highest BCUT2D eigenvalue weighted by molar-refractivity contribution is 6.18. The average Bonchev–Trinajstić information content (AvgIpc) is 3.24. The molecule has 0 unspecified atom stereocenters. The Morgan fingerprint density at radius 1 is 1.12 bits per heavy atom. The number of imidazole rings is 1. The lowest BCUT2D eigenvalue weighted by atomic mass is 9.91. The molecule has 2 aliphatic rings. The molecule has 4 N–H and O–H groups in total. The standard InChI is InChI=1S/C16H13N9/c17-16-19-5-3-10(22-16)8-6-9-12(24-25-13(9)20-7-8)15-21-11-2-1-4-18-14(11)23-15/h1-5,7,9H,6H2,(H,20,25)(H2,17,19,22)(H,18,21,23)/t9-/m0/s1. The van der Waals surface area contributed by atoms with Gasteiger partial charge >= 0.3 is 0 Å². The van der Waals surface area contributed by atoms with E-state index in [9.17, 15) is 0 Å². The Morgan fingerprint density at radius 2 is 2.08 bits per heavy atom. The van der Waals surface area contributed by atoms with E-state index in [0.29, 0.717) is 17.9 Å². The van der Waals surface area contributed by atoms with Gasteiger partial charge in [0.1, 0.15) is 11.5 Å². The van der Waals surface area contributed by atoms with E-state index in [0.717, 1.165) is 28.3 Å². The van der Waals surface area contributed by atoms with Gasteiger partial charge in [0, 0.05) is 18.6 Å². The summed E-state index contributed by atoms with van der Waals surface area (Å²) in [5.74, 6) is 1.72. The topological polar surface area (TPSA) is 130 Å². The van der Waals surface area contributed by atoms with Crippen molar-refractivity contribution in [1.82, 2.24) is 30.3 Å². The van der Waals surface area contributed by atoms with Gasteiger partial charge < -0.3 is 10.7 Å². The van der Waals surface area contributed by atoms with Crippen LogP contribution in [0.2, 0.25) is 0 Å². The summed E-state index contributed by atoms with van der Waals surface area (Å²) < 4.78 is 0. The smallest absolute Gasteiger partial charge is 0.220 e. The highest BCUT2D eigenvalue weighted by atomic mass is 15.4. The number of nitrogens with one attached hydrogen (secondary N) is 2. The zero-order valence-corrected chi connectivity index (χ0v) is 13.0. The Bertz CT molecular complexity index is 1040. The van der Waals surface area contributed by atoms with Gasteiger partial charge in [-0.3, -0.25) is 5.43 Å². The van der Waals surface area contributed by atoms with Crippen LogP contribution < -0.4 is 11.2 Å². The Labute approximate surface area is 141 Å². The van der Waals surface area contributed by atoms with E-state index >= 15 is 0 Å². The molecule has 0 aliphatic carbocycles. The molecule has 0 fully saturated rings. The molecule has 0 amide bonds. The molecule has 0 aromatic carbocycles. The zero-order chi connectivity index (χ0) is 16.8. The summed E-state index contributed by atoms with van der Waals surface area (Å²) in [7, 11) is 0. The number of allylic oxidation sites excluding steroid dienone is 1. The van der Waals surface area contributed by atoms with E-state index in [2.05, 4.69) is 40.4 Å². The fourth-order valence-corrected chi connectivity index (χ4v) is 3.04. The van der Waals surface area contributed by atoms with Gasteiger partial charge in [-0.15, -0.1) is 0 Å². The fourth-order valence-electron chi connectivity index (χ4n) is 3.04. The first kappa shape index (κ1) is 13.8. The van der Waals surface area contributed by atoms with Crippen LogP contribution in [0.5, 0.6) is 0 Å². The van der Waals surface area contributed by atoms with Gasteiger partial charge in [-0.05, 0) is 30.2 Å². The number of amidine groups is 1. The van der Waals surface area contributed by atoms with Crippen molar-refractivity contribution in [2.45, 2.75) is 6.42 Å². The van der Waals surface area contributed by atoms with Crippen molar-refractivity contribution in [3.63, 3.8) is 0 Å². The molecule has 5 rings (SSSR count). The molecule has 9 nitrogen and oxygen atoms in total. The molecule has 122 valence electrons. The Kier molecular flexibility index (Phi) is 2.87. The summed E-state index contributed by atoms with van der Waals surface area (Å²) in [5.41, 5.74) is 12.8. The number of aromatic amines is 1. The molecule has 25 heavy (non-hydrogen) atoms. The van der Waals surface area contributed by atoms with Crippen LogP contribution in [-0.4, -0.2) is 36.5 Å². The maximum atomic E-state index is 5.69. The fraction of sp³-hybridized carbons (Fsp3) is 0.125. The van der Waals surface area contributed by atoms with Crippen LogP contribution in [0.1, 0.15) is 17.9 Å². The second kappa shape index (κ2) is 5.20. The quantitative estimate of drug-likeness (QED) is 0.644. The normalized spacial score (nSPS) is 19.0. The minimum atomic E-state index is -0.0169. The predicted molar refractivity (Wildman–Crippen MR) is 93.5 cm³/mol. The molecular formula is C16H13N9. The van der Waals surface area contributed by atoms with Crippen molar-refractivity contribution < 1.29 is 0 Å². The first-order valence-electron chi connectivity index (χ1n) is 7.78. The van der Waals surface area contributed by atoms with Crippen LogP contribution >= 0.6 is 0 Å². The molecule has 0 saturated heterocycles. The number of hydrazone groups is 1. The second-order valence-electron chi connectivity index (χ2n) is 5.79. The van der Waals surface area contributed by atoms with Gasteiger partial charge in [-0.2, -0.15) is 5.10 Å². The van der Waals surface area contributed by atoms with Crippen LogP contribution in [0, 0.1) is 5.92 Å².